The molecule has 0 saturated heterocycles. The number of aryl methyl sites for hydroxylation is 1. The van der Waals surface area contributed by atoms with E-state index < -0.39 is 11.6 Å². The van der Waals surface area contributed by atoms with Crippen LogP contribution < -0.4 is 0 Å². The van der Waals surface area contributed by atoms with Crippen molar-refractivity contribution in [3.8, 4) is 0 Å². The minimum absolute atomic E-state index is 0.411. The molecule has 2 rings (SSSR count). The molecule has 15 heavy (non-hydrogen) atoms. The van der Waals surface area contributed by atoms with Crippen LogP contribution in [-0.4, -0.2) is 17.9 Å². The number of hydrogen-bond donors (Lipinski definition) is 0. The highest BCUT2D eigenvalue weighted by atomic mass is 16.6. The van der Waals surface area contributed by atoms with Gasteiger partial charge < -0.3 is 4.74 Å². The molecule has 1 aliphatic heterocycles. The van der Waals surface area contributed by atoms with E-state index in [-0.39, 0.29) is 0 Å². The molecule has 1 atom stereocenters. The summed E-state index contributed by atoms with van der Waals surface area (Å²) in [6, 6.07) is 5.54. The van der Waals surface area contributed by atoms with Crippen LogP contribution in [0.25, 0.3) is 0 Å². The first-order valence-electron chi connectivity index (χ1n) is 4.83. The standard InChI is InChI=1S/C12H12O3/c1-8-3-4-10-9(5-8)6-12(2,7-13)15-11(10)14/h3-5,7H,6H2,1-2H3. The maximum atomic E-state index is 11.6. The summed E-state index contributed by atoms with van der Waals surface area (Å²) in [5.74, 6) is -0.411. The van der Waals surface area contributed by atoms with E-state index in [1.165, 1.54) is 0 Å². The van der Waals surface area contributed by atoms with E-state index in [0.29, 0.717) is 18.3 Å². The maximum Gasteiger partial charge on any atom is 0.339 e. The predicted molar refractivity (Wildman–Crippen MR) is 54.8 cm³/mol. The second-order valence-electron chi connectivity index (χ2n) is 4.16. The lowest BCUT2D eigenvalue weighted by atomic mass is 9.90. The second-order valence-corrected chi connectivity index (χ2v) is 4.16. The molecule has 0 fully saturated rings. The summed E-state index contributed by atoms with van der Waals surface area (Å²) < 4.78 is 5.08. The van der Waals surface area contributed by atoms with Gasteiger partial charge in [-0.25, -0.2) is 4.79 Å². The number of aldehydes is 1. The van der Waals surface area contributed by atoms with Crippen molar-refractivity contribution >= 4 is 12.3 Å². The van der Waals surface area contributed by atoms with E-state index in [4.69, 9.17) is 4.74 Å². The topological polar surface area (TPSA) is 43.4 Å². The number of carbonyl (C=O) groups is 2. The van der Waals surface area contributed by atoms with Crippen molar-refractivity contribution in [2.24, 2.45) is 0 Å². The largest absolute Gasteiger partial charge is 0.448 e. The number of cyclic esters (lactones) is 1. The monoisotopic (exact) mass is 204 g/mol. The third-order valence-electron chi connectivity index (χ3n) is 2.60. The van der Waals surface area contributed by atoms with E-state index >= 15 is 0 Å². The van der Waals surface area contributed by atoms with Gasteiger partial charge in [0.1, 0.15) is 0 Å². The van der Waals surface area contributed by atoms with Crippen LogP contribution in [0, 0.1) is 6.92 Å². The molecule has 1 aromatic rings. The van der Waals surface area contributed by atoms with Gasteiger partial charge in [-0.05, 0) is 25.5 Å². The Bertz CT molecular complexity index is 436. The van der Waals surface area contributed by atoms with Crippen molar-refractivity contribution in [3.05, 3.63) is 34.9 Å². The minimum atomic E-state index is -1.00. The molecule has 3 nitrogen and oxygen atoms in total. The molecule has 3 heteroatoms. The second kappa shape index (κ2) is 3.19. The number of hydrogen-bond acceptors (Lipinski definition) is 3. The smallest absolute Gasteiger partial charge is 0.339 e. The van der Waals surface area contributed by atoms with Gasteiger partial charge in [-0.3, -0.25) is 4.79 Å². The van der Waals surface area contributed by atoms with E-state index in [2.05, 4.69) is 0 Å². The number of benzene rings is 1. The first-order valence-corrected chi connectivity index (χ1v) is 4.83. The van der Waals surface area contributed by atoms with E-state index in [0.717, 1.165) is 11.1 Å². The van der Waals surface area contributed by atoms with Crippen molar-refractivity contribution in [1.29, 1.82) is 0 Å². The summed E-state index contributed by atoms with van der Waals surface area (Å²) >= 11 is 0. The van der Waals surface area contributed by atoms with Crippen LogP contribution in [0.3, 0.4) is 0 Å². The lowest BCUT2D eigenvalue weighted by Crippen LogP contribution is -2.40. The molecule has 0 radical (unpaired) electrons. The van der Waals surface area contributed by atoms with Crippen LogP contribution in [-0.2, 0) is 16.0 Å². The molecule has 0 N–H and O–H groups in total. The van der Waals surface area contributed by atoms with Crippen molar-refractivity contribution in [1.82, 2.24) is 0 Å². The number of fused-ring (bicyclic) bond motifs is 1. The van der Waals surface area contributed by atoms with Crippen molar-refractivity contribution in [2.45, 2.75) is 25.9 Å². The summed E-state index contributed by atoms with van der Waals surface area (Å²) in [7, 11) is 0. The molecule has 1 aliphatic rings. The number of carbonyl (C=O) groups excluding carboxylic acids is 2. The third kappa shape index (κ3) is 1.65. The zero-order valence-electron chi connectivity index (χ0n) is 8.74. The minimum Gasteiger partial charge on any atom is -0.448 e. The Morgan fingerprint density at radius 2 is 2.20 bits per heavy atom. The van der Waals surface area contributed by atoms with Crippen LogP contribution in [0.2, 0.25) is 0 Å². The van der Waals surface area contributed by atoms with Crippen LogP contribution in [0.4, 0.5) is 0 Å². The Morgan fingerprint density at radius 1 is 1.47 bits per heavy atom. The first-order chi connectivity index (χ1) is 7.04. The molecule has 0 bridgehead atoms. The SMILES string of the molecule is Cc1ccc2c(c1)CC(C)(C=O)OC2=O. The van der Waals surface area contributed by atoms with Gasteiger partial charge in [0.2, 0.25) is 0 Å². The fraction of sp³-hybridized carbons (Fsp3) is 0.333. The van der Waals surface area contributed by atoms with E-state index in [1.807, 2.05) is 19.1 Å². The normalized spacial score (nSPS) is 24.3. The lowest BCUT2D eigenvalue weighted by molar-refractivity contribution is -0.124. The lowest BCUT2D eigenvalue weighted by Gasteiger charge is -2.29. The number of rotatable bonds is 1. The molecular weight excluding hydrogens is 192 g/mol. The van der Waals surface area contributed by atoms with Gasteiger partial charge in [-0.2, -0.15) is 0 Å². The van der Waals surface area contributed by atoms with Crippen LogP contribution in [0.5, 0.6) is 0 Å². The summed E-state index contributed by atoms with van der Waals surface area (Å²) in [5.41, 5.74) is 1.54. The van der Waals surface area contributed by atoms with E-state index in [1.54, 1.807) is 13.0 Å². The quantitative estimate of drug-likeness (QED) is 0.516. The maximum absolute atomic E-state index is 11.6. The summed E-state index contributed by atoms with van der Waals surface area (Å²) in [4.78, 5) is 22.4. The molecule has 78 valence electrons. The Hall–Kier alpha value is -1.64. The van der Waals surface area contributed by atoms with Gasteiger partial charge in [0.05, 0.1) is 5.56 Å². The van der Waals surface area contributed by atoms with Gasteiger partial charge in [-0.1, -0.05) is 17.7 Å². The Labute approximate surface area is 88.1 Å². The van der Waals surface area contributed by atoms with Crippen LogP contribution in [0.1, 0.15) is 28.4 Å². The third-order valence-corrected chi connectivity index (χ3v) is 2.60. The average Bonchev–Trinajstić information content (AvgIpc) is 2.16. The Kier molecular flexibility index (Phi) is 2.11. The van der Waals surface area contributed by atoms with Crippen molar-refractivity contribution in [3.63, 3.8) is 0 Å². The van der Waals surface area contributed by atoms with Gasteiger partial charge >= 0.3 is 5.97 Å². The van der Waals surface area contributed by atoms with Gasteiger partial charge in [-0.15, -0.1) is 0 Å². The summed E-state index contributed by atoms with van der Waals surface area (Å²) in [5, 5.41) is 0. The molecule has 0 spiro atoms. The fourth-order valence-electron chi connectivity index (χ4n) is 1.81. The zero-order chi connectivity index (χ0) is 11.1. The molecule has 0 amide bonds. The highest BCUT2D eigenvalue weighted by Gasteiger charge is 2.35. The average molecular weight is 204 g/mol. The van der Waals surface area contributed by atoms with Gasteiger partial charge in [0.15, 0.2) is 11.9 Å². The summed E-state index contributed by atoms with van der Waals surface area (Å²) in [6.45, 7) is 3.58. The Morgan fingerprint density at radius 3 is 2.87 bits per heavy atom. The highest BCUT2D eigenvalue weighted by Crippen LogP contribution is 2.27. The van der Waals surface area contributed by atoms with Gasteiger partial charge in [0, 0.05) is 6.42 Å². The van der Waals surface area contributed by atoms with Crippen molar-refractivity contribution in [2.75, 3.05) is 0 Å². The zero-order valence-corrected chi connectivity index (χ0v) is 8.74. The summed E-state index contributed by atoms with van der Waals surface area (Å²) in [6.07, 6.45) is 1.15. The number of ether oxygens (including phenoxy) is 1. The molecule has 1 unspecified atom stereocenters. The molecule has 1 aromatic carbocycles. The predicted octanol–water partition coefficient (Wildman–Crippen LogP) is 1.67. The molecule has 0 saturated carbocycles. The highest BCUT2D eigenvalue weighted by molar-refractivity contribution is 5.94. The van der Waals surface area contributed by atoms with E-state index in [9.17, 15) is 9.59 Å². The molecular formula is C12H12O3. The number of esters is 1. The first kappa shape index (κ1) is 9.90. The van der Waals surface area contributed by atoms with Crippen LogP contribution >= 0.6 is 0 Å². The fourth-order valence-corrected chi connectivity index (χ4v) is 1.81. The molecule has 0 aromatic heterocycles. The van der Waals surface area contributed by atoms with Crippen LogP contribution in [0.15, 0.2) is 18.2 Å². The molecule has 1 heterocycles. The molecule has 0 aliphatic carbocycles. The Balaban J connectivity index is 2.50. The van der Waals surface area contributed by atoms with Gasteiger partial charge in [0.25, 0.3) is 0 Å². The van der Waals surface area contributed by atoms with Crippen molar-refractivity contribution < 1.29 is 14.3 Å².